The van der Waals surface area contributed by atoms with Gasteiger partial charge in [0, 0.05) is 18.0 Å². The van der Waals surface area contributed by atoms with E-state index >= 15 is 0 Å². The van der Waals surface area contributed by atoms with Crippen molar-refractivity contribution in [2.75, 3.05) is 11.1 Å². The number of carbonyl (C=O) groups excluding carboxylic acids is 1. The third-order valence-corrected chi connectivity index (χ3v) is 5.04. The molecule has 2 heterocycles. The van der Waals surface area contributed by atoms with Crippen LogP contribution in [0.25, 0.3) is 22.1 Å². The van der Waals surface area contributed by atoms with Crippen LogP contribution >= 0.6 is 11.8 Å². The summed E-state index contributed by atoms with van der Waals surface area (Å²) >= 11 is 1.08. The average molecular weight is 399 g/mol. The van der Waals surface area contributed by atoms with Crippen LogP contribution in [0.4, 0.5) is 14.5 Å². The fourth-order valence-electron chi connectivity index (χ4n) is 2.98. The van der Waals surface area contributed by atoms with Crippen LogP contribution in [-0.4, -0.2) is 31.4 Å². The molecule has 0 aliphatic carbocycles. The Morgan fingerprint density at radius 3 is 2.82 bits per heavy atom. The van der Waals surface area contributed by atoms with Gasteiger partial charge in [-0.05, 0) is 25.1 Å². The smallest absolute Gasteiger partial charge is 0.234 e. The molecule has 1 amide bonds. The summed E-state index contributed by atoms with van der Waals surface area (Å²) in [5, 5.41) is 12.0. The maximum atomic E-state index is 13.6. The summed E-state index contributed by atoms with van der Waals surface area (Å²) in [5.74, 6) is -1.88. The summed E-state index contributed by atoms with van der Waals surface area (Å²) < 4.78 is 28.9. The lowest BCUT2D eigenvalue weighted by molar-refractivity contribution is -0.113. The van der Waals surface area contributed by atoms with Crippen LogP contribution in [0.5, 0.6) is 0 Å². The van der Waals surface area contributed by atoms with Gasteiger partial charge in [0.15, 0.2) is 5.65 Å². The zero-order chi connectivity index (χ0) is 19.7. The Labute approximate surface area is 163 Å². The maximum Gasteiger partial charge on any atom is 0.234 e. The second kappa shape index (κ2) is 7.51. The van der Waals surface area contributed by atoms with Gasteiger partial charge in [0.25, 0.3) is 0 Å². The van der Waals surface area contributed by atoms with Crippen LogP contribution in [-0.2, 0) is 11.3 Å². The number of nitrogens with one attached hydrogen (secondary N) is 1. The number of rotatable bonds is 5. The van der Waals surface area contributed by atoms with E-state index in [1.54, 1.807) is 0 Å². The van der Waals surface area contributed by atoms with E-state index in [1.807, 2.05) is 35.8 Å². The Bertz CT molecular complexity index is 1190. The number of hydrogen-bond donors (Lipinski definition) is 1. The van der Waals surface area contributed by atoms with Crippen LogP contribution < -0.4 is 5.32 Å². The summed E-state index contributed by atoms with van der Waals surface area (Å²) in [7, 11) is 0. The van der Waals surface area contributed by atoms with Crippen LogP contribution in [0.3, 0.4) is 0 Å². The molecule has 0 unspecified atom stereocenters. The van der Waals surface area contributed by atoms with Crippen molar-refractivity contribution < 1.29 is 13.6 Å². The van der Waals surface area contributed by atoms with Crippen LogP contribution in [0.15, 0.2) is 47.6 Å². The van der Waals surface area contributed by atoms with Gasteiger partial charge in [-0.1, -0.05) is 30.0 Å². The van der Waals surface area contributed by atoms with E-state index < -0.39 is 17.5 Å². The first kappa shape index (κ1) is 18.3. The Kier molecular flexibility index (Phi) is 4.91. The Morgan fingerprint density at radius 1 is 1.18 bits per heavy atom. The molecule has 0 bridgehead atoms. The number of carbonyl (C=O) groups is 1. The van der Waals surface area contributed by atoms with Gasteiger partial charge in [0.05, 0.1) is 17.0 Å². The van der Waals surface area contributed by atoms with Crippen molar-refractivity contribution in [3.05, 3.63) is 54.1 Å². The molecular formula is C19H15F2N5OS. The highest BCUT2D eigenvalue weighted by molar-refractivity contribution is 7.99. The van der Waals surface area contributed by atoms with Gasteiger partial charge >= 0.3 is 0 Å². The molecule has 4 aromatic rings. The van der Waals surface area contributed by atoms with Crippen molar-refractivity contribution >= 4 is 45.4 Å². The Balaban J connectivity index is 1.54. The minimum atomic E-state index is -0.702. The number of anilines is 1. The molecule has 6 nitrogen and oxygen atoms in total. The largest absolute Gasteiger partial charge is 0.324 e. The molecule has 0 atom stereocenters. The number of halogens is 2. The van der Waals surface area contributed by atoms with Crippen LogP contribution in [0, 0.1) is 11.6 Å². The highest BCUT2D eigenvalue weighted by Crippen LogP contribution is 2.27. The summed E-state index contributed by atoms with van der Waals surface area (Å²) in [6.07, 6.45) is 0. The van der Waals surface area contributed by atoms with E-state index in [4.69, 9.17) is 0 Å². The fraction of sp³-hybridized carbons (Fsp3) is 0.158. The summed E-state index contributed by atoms with van der Waals surface area (Å²) in [4.78, 5) is 16.6. The summed E-state index contributed by atoms with van der Waals surface area (Å²) in [6.45, 7) is 2.73. The van der Waals surface area contributed by atoms with Crippen molar-refractivity contribution in [1.82, 2.24) is 19.7 Å². The van der Waals surface area contributed by atoms with E-state index in [0.29, 0.717) is 22.9 Å². The molecule has 0 saturated heterocycles. The number of amides is 1. The SMILES string of the molecule is CCn1c2ccccc2c2nnc(SCC(=O)Nc3cc(F)ccc3F)nc21. The van der Waals surface area contributed by atoms with E-state index in [-0.39, 0.29) is 11.4 Å². The second-order valence-corrected chi connectivity index (χ2v) is 6.93. The van der Waals surface area contributed by atoms with Gasteiger partial charge in [-0.2, -0.15) is 0 Å². The number of thioether (sulfide) groups is 1. The van der Waals surface area contributed by atoms with Crippen molar-refractivity contribution in [3.63, 3.8) is 0 Å². The second-order valence-electron chi connectivity index (χ2n) is 5.99. The molecule has 28 heavy (non-hydrogen) atoms. The number of benzene rings is 2. The minimum Gasteiger partial charge on any atom is -0.324 e. The lowest BCUT2D eigenvalue weighted by Crippen LogP contribution is -2.15. The number of aromatic nitrogens is 4. The molecule has 142 valence electrons. The first-order chi connectivity index (χ1) is 13.6. The molecule has 9 heteroatoms. The van der Waals surface area contributed by atoms with E-state index in [2.05, 4.69) is 20.5 Å². The summed E-state index contributed by atoms with van der Waals surface area (Å²) in [6, 6.07) is 10.7. The van der Waals surface area contributed by atoms with Crippen molar-refractivity contribution in [1.29, 1.82) is 0 Å². The monoisotopic (exact) mass is 399 g/mol. The van der Waals surface area contributed by atoms with Gasteiger partial charge in [-0.15, -0.1) is 10.2 Å². The van der Waals surface area contributed by atoms with Gasteiger partial charge in [0.1, 0.15) is 17.2 Å². The Morgan fingerprint density at radius 2 is 2.00 bits per heavy atom. The Hall–Kier alpha value is -3.07. The van der Waals surface area contributed by atoms with Crippen LogP contribution in [0.1, 0.15) is 6.92 Å². The van der Waals surface area contributed by atoms with Crippen molar-refractivity contribution in [3.8, 4) is 0 Å². The average Bonchev–Trinajstić information content (AvgIpc) is 3.02. The lowest BCUT2D eigenvalue weighted by Gasteiger charge is -2.06. The van der Waals surface area contributed by atoms with E-state index in [0.717, 1.165) is 40.9 Å². The van der Waals surface area contributed by atoms with Gasteiger partial charge in [-0.3, -0.25) is 4.79 Å². The highest BCUT2D eigenvalue weighted by atomic mass is 32.2. The minimum absolute atomic E-state index is 0.0600. The molecule has 0 spiro atoms. The predicted octanol–water partition coefficient (Wildman–Crippen LogP) is 4.01. The maximum absolute atomic E-state index is 13.6. The van der Waals surface area contributed by atoms with Crippen molar-refractivity contribution in [2.24, 2.45) is 0 Å². The zero-order valence-corrected chi connectivity index (χ0v) is 15.6. The highest BCUT2D eigenvalue weighted by Gasteiger charge is 2.15. The molecule has 1 N–H and O–H groups in total. The number of fused-ring (bicyclic) bond motifs is 3. The number of para-hydroxylation sites is 1. The topological polar surface area (TPSA) is 72.7 Å². The number of hydrogen-bond acceptors (Lipinski definition) is 5. The normalized spacial score (nSPS) is 11.2. The molecule has 2 aromatic carbocycles. The molecule has 0 radical (unpaired) electrons. The van der Waals surface area contributed by atoms with Gasteiger partial charge < -0.3 is 9.88 Å². The molecule has 0 aliphatic heterocycles. The van der Waals surface area contributed by atoms with E-state index in [9.17, 15) is 13.6 Å². The predicted molar refractivity (Wildman–Crippen MR) is 104 cm³/mol. The zero-order valence-electron chi connectivity index (χ0n) is 14.8. The first-order valence-electron chi connectivity index (χ1n) is 8.56. The third kappa shape index (κ3) is 3.40. The number of nitrogens with zero attached hydrogens (tertiary/aromatic N) is 4. The van der Waals surface area contributed by atoms with Crippen molar-refractivity contribution in [2.45, 2.75) is 18.6 Å². The van der Waals surface area contributed by atoms with Gasteiger partial charge in [-0.25, -0.2) is 13.8 Å². The molecular weight excluding hydrogens is 384 g/mol. The van der Waals surface area contributed by atoms with Crippen LogP contribution in [0.2, 0.25) is 0 Å². The standard InChI is InChI=1S/C19H15F2N5OS/c1-2-26-15-6-4-3-5-12(15)17-18(26)23-19(25-24-17)28-10-16(27)22-14-9-11(20)7-8-13(14)21/h3-9H,2,10H2,1H3,(H,22,27). The quantitative estimate of drug-likeness (QED) is 0.514. The summed E-state index contributed by atoms with van der Waals surface area (Å²) in [5.41, 5.74) is 2.21. The fourth-order valence-corrected chi connectivity index (χ4v) is 3.56. The van der Waals surface area contributed by atoms with E-state index in [1.165, 1.54) is 0 Å². The molecule has 4 rings (SSSR count). The van der Waals surface area contributed by atoms with Gasteiger partial charge in [0.2, 0.25) is 11.1 Å². The third-order valence-electron chi connectivity index (χ3n) is 4.21. The molecule has 0 saturated carbocycles. The molecule has 0 aliphatic rings. The molecule has 0 fully saturated rings. The number of aryl methyl sites for hydroxylation is 1. The lowest BCUT2D eigenvalue weighted by atomic mass is 10.2. The first-order valence-corrected chi connectivity index (χ1v) is 9.54. The molecule has 2 aromatic heterocycles.